The molecular weight excluding hydrogens is 800 g/mol. The fourth-order valence-corrected chi connectivity index (χ4v) is 7.05. The lowest BCUT2D eigenvalue weighted by molar-refractivity contribution is -0.172. The van der Waals surface area contributed by atoms with Crippen molar-refractivity contribution in [1.29, 1.82) is 5.26 Å². The molecule has 4 rings (SSSR count). The van der Waals surface area contributed by atoms with Gasteiger partial charge in [-0.15, -0.1) is 11.8 Å². The third kappa shape index (κ3) is 14.0. The van der Waals surface area contributed by atoms with E-state index in [1.54, 1.807) is 25.2 Å². The number of hydrogen-bond acceptors (Lipinski definition) is 14. The minimum Gasteiger partial charge on any atom is -0.425 e. The van der Waals surface area contributed by atoms with E-state index in [-0.39, 0.29) is 43.0 Å². The Morgan fingerprint density at radius 2 is 1.86 bits per heavy atom. The van der Waals surface area contributed by atoms with Gasteiger partial charge >= 0.3 is 12.1 Å². The SMILES string of the molecule is CC(OC(=O)CCC(=O)NCCS(=O)(=O)O)OC(=O)O[C@@](Cn1cncn1)(c1ccc(F)cc1F)[C@@H](C)SC1COC(/C=C/C=C/c2ccc(C#N)cc2F)OC1. The zero-order valence-electron chi connectivity index (χ0n) is 30.5. The van der Waals surface area contributed by atoms with Gasteiger partial charge in [0.1, 0.15) is 30.1 Å². The summed E-state index contributed by atoms with van der Waals surface area (Å²) in [6, 6.07) is 8.68. The molecule has 0 aliphatic carbocycles. The molecule has 1 amide bonds. The van der Waals surface area contributed by atoms with Gasteiger partial charge in [0.25, 0.3) is 10.1 Å². The molecule has 0 radical (unpaired) electrons. The number of hydrogen-bond donors (Lipinski definition) is 2. The minimum atomic E-state index is -4.30. The summed E-state index contributed by atoms with van der Waals surface area (Å²) >= 11 is 1.20. The zero-order chi connectivity index (χ0) is 41.6. The first-order valence-corrected chi connectivity index (χ1v) is 19.6. The van der Waals surface area contributed by atoms with Crippen molar-refractivity contribution in [3.05, 3.63) is 101 Å². The van der Waals surface area contributed by atoms with E-state index in [0.717, 1.165) is 18.2 Å². The van der Waals surface area contributed by atoms with Crippen LogP contribution in [0.5, 0.6) is 0 Å². The van der Waals surface area contributed by atoms with Crippen LogP contribution in [0.1, 0.15) is 43.4 Å². The average Bonchev–Trinajstić information content (AvgIpc) is 3.65. The van der Waals surface area contributed by atoms with Crippen LogP contribution in [0, 0.1) is 28.8 Å². The topological polar surface area (TPSA) is 218 Å². The predicted octanol–water partition coefficient (Wildman–Crippen LogP) is 4.42. The molecule has 57 heavy (non-hydrogen) atoms. The first-order chi connectivity index (χ1) is 27.1. The highest BCUT2D eigenvalue weighted by atomic mass is 32.2. The molecule has 16 nitrogen and oxygen atoms in total. The fraction of sp³-hybridized carbons (Fsp3) is 0.389. The molecule has 0 bridgehead atoms. The van der Waals surface area contributed by atoms with Crippen molar-refractivity contribution in [1.82, 2.24) is 20.1 Å². The number of aromatic nitrogens is 3. The van der Waals surface area contributed by atoms with Gasteiger partial charge in [-0.1, -0.05) is 24.3 Å². The molecule has 2 aromatic carbocycles. The number of ether oxygens (including phenoxy) is 5. The number of esters is 1. The minimum absolute atomic E-state index is 0.124. The number of nitrogens with one attached hydrogen (secondary N) is 1. The number of carbonyl (C=O) groups is 3. The standard InChI is InChI=1S/C36H38F3N5O11S2/c1-23(56-28-18-51-34(52-19-28)6-4-3-5-26-8-7-25(17-40)15-30(26)38)36(20-44-22-41-21-43-44,29-10-9-27(37)16-31(29)39)55-35(47)54-24(2)53-33(46)12-11-32(45)42-13-14-57(48,49)50/h3-10,15-16,21-24,28,34H,11-14,18-20H2,1-2H3,(H,42,45)(H,48,49,50)/b5-3+,6-4+/t23-,24?,28?,34?,36-/m1/s1. The first-order valence-electron chi connectivity index (χ1n) is 17.1. The van der Waals surface area contributed by atoms with Gasteiger partial charge in [-0.25, -0.2) is 27.6 Å². The number of nitriles is 1. The Hall–Kier alpha value is -5.27. The van der Waals surface area contributed by atoms with Crippen molar-refractivity contribution in [3.63, 3.8) is 0 Å². The van der Waals surface area contributed by atoms with E-state index >= 15 is 4.39 Å². The molecule has 1 fully saturated rings. The number of amides is 1. The summed E-state index contributed by atoms with van der Waals surface area (Å²) in [4.78, 5) is 41.6. The maximum absolute atomic E-state index is 15.7. The molecule has 1 aliphatic rings. The Morgan fingerprint density at radius 1 is 1.11 bits per heavy atom. The number of benzene rings is 2. The molecule has 2 N–H and O–H groups in total. The van der Waals surface area contributed by atoms with Gasteiger partial charge in [0.15, 0.2) is 11.9 Å². The Kier molecular flexibility index (Phi) is 16.2. The summed E-state index contributed by atoms with van der Waals surface area (Å²) in [5, 5.41) is 13.9. The van der Waals surface area contributed by atoms with Gasteiger partial charge in [-0.2, -0.15) is 18.8 Å². The van der Waals surface area contributed by atoms with Crippen LogP contribution in [0.3, 0.4) is 0 Å². The second-order valence-electron chi connectivity index (χ2n) is 12.3. The summed E-state index contributed by atoms with van der Waals surface area (Å²) in [6.07, 6.45) is 4.14. The molecule has 21 heteroatoms. The average molecular weight is 838 g/mol. The zero-order valence-corrected chi connectivity index (χ0v) is 32.1. The van der Waals surface area contributed by atoms with Gasteiger partial charge in [0, 0.05) is 42.3 Å². The number of nitrogens with zero attached hydrogens (tertiary/aromatic N) is 4. The number of rotatable bonds is 18. The number of thioether (sulfide) groups is 1. The van der Waals surface area contributed by atoms with E-state index < -0.39 is 92.9 Å². The van der Waals surface area contributed by atoms with Crippen LogP contribution < -0.4 is 5.32 Å². The van der Waals surface area contributed by atoms with Crippen molar-refractivity contribution in [2.45, 2.75) is 61.9 Å². The van der Waals surface area contributed by atoms with Crippen LogP contribution in [0.2, 0.25) is 0 Å². The second kappa shape index (κ2) is 20.8. The summed E-state index contributed by atoms with van der Waals surface area (Å²) in [7, 11) is -4.30. The van der Waals surface area contributed by atoms with E-state index in [9.17, 15) is 31.6 Å². The van der Waals surface area contributed by atoms with Crippen LogP contribution in [-0.2, 0) is 55.5 Å². The molecule has 1 unspecified atom stereocenters. The molecule has 3 aromatic rings. The summed E-state index contributed by atoms with van der Waals surface area (Å²) in [5.41, 5.74) is -1.74. The highest BCUT2D eigenvalue weighted by molar-refractivity contribution is 8.00. The van der Waals surface area contributed by atoms with Gasteiger partial charge in [-0.05, 0) is 37.3 Å². The summed E-state index contributed by atoms with van der Waals surface area (Å²) in [5.74, 6) is -4.90. The highest BCUT2D eigenvalue weighted by Crippen LogP contribution is 2.42. The lowest BCUT2D eigenvalue weighted by atomic mass is 9.89. The van der Waals surface area contributed by atoms with Gasteiger partial charge in [0.05, 0.1) is 48.8 Å². The maximum atomic E-state index is 15.7. The quantitative estimate of drug-likeness (QED) is 0.0784. The molecule has 1 aliphatic heterocycles. The van der Waals surface area contributed by atoms with E-state index in [0.29, 0.717) is 6.07 Å². The third-order valence-corrected chi connectivity index (χ3v) is 10.2. The van der Waals surface area contributed by atoms with E-state index in [4.69, 9.17) is 33.5 Å². The van der Waals surface area contributed by atoms with Crippen molar-refractivity contribution in [2.75, 3.05) is 25.5 Å². The third-order valence-electron chi connectivity index (χ3n) is 8.04. The van der Waals surface area contributed by atoms with E-state index in [1.807, 2.05) is 6.07 Å². The number of halogens is 3. The van der Waals surface area contributed by atoms with Crippen LogP contribution >= 0.6 is 11.8 Å². The first kappa shape index (κ1) is 44.4. The lowest BCUT2D eigenvalue weighted by Gasteiger charge is -2.40. The Balaban J connectivity index is 1.43. The molecule has 1 saturated heterocycles. The molecule has 2 heterocycles. The second-order valence-corrected chi connectivity index (χ2v) is 15.5. The Morgan fingerprint density at radius 3 is 2.51 bits per heavy atom. The predicted molar refractivity (Wildman–Crippen MR) is 196 cm³/mol. The van der Waals surface area contributed by atoms with Crippen molar-refractivity contribution in [2.24, 2.45) is 0 Å². The summed E-state index contributed by atoms with van der Waals surface area (Å²) in [6.45, 7) is 2.33. The van der Waals surface area contributed by atoms with Crippen molar-refractivity contribution in [3.8, 4) is 6.07 Å². The van der Waals surface area contributed by atoms with Crippen LogP contribution in [0.25, 0.3) is 6.08 Å². The fourth-order valence-electron chi connectivity index (χ4n) is 5.33. The van der Waals surface area contributed by atoms with Crippen LogP contribution in [0.15, 0.2) is 67.3 Å². The largest absolute Gasteiger partial charge is 0.512 e. The van der Waals surface area contributed by atoms with E-state index in [1.165, 1.54) is 54.2 Å². The monoisotopic (exact) mass is 837 g/mol. The molecule has 306 valence electrons. The molecule has 3 atom stereocenters. The highest BCUT2D eigenvalue weighted by Gasteiger charge is 2.47. The van der Waals surface area contributed by atoms with Crippen LogP contribution in [0.4, 0.5) is 18.0 Å². The molecule has 1 aromatic heterocycles. The van der Waals surface area contributed by atoms with Gasteiger partial charge in [-0.3, -0.25) is 14.1 Å². The van der Waals surface area contributed by atoms with Crippen LogP contribution in [-0.4, -0.2) is 94.4 Å². The normalized spacial score (nSPS) is 18.0. The molecule has 0 spiro atoms. The molecule has 0 saturated carbocycles. The maximum Gasteiger partial charge on any atom is 0.512 e. The smallest absolute Gasteiger partial charge is 0.425 e. The van der Waals surface area contributed by atoms with Gasteiger partial charge < -0.3 is 29.0 Å². The Bertz CT molecular complexity index is 2080. The van der Waals surface area contributed by atoms with Crippen molar-refractivity contribution >= 4 is 46.0 Å². The number of allylic oxidation sites excluding steroid dienone is 2. The molecular formula is C36H38F3N5O11S2. The van der Waals surface area contributed by atoms with Gasteiger partial charge in [0.2, 0.25) is 12.2 Å². The number of carbonyl (C=O) groups excluding carboxylic acids is 3. The Labute approximate surface area is 329 Å². The summed E-state index contributed by atoms with van der Waals surface area (Å²) < 4.78 is 103. The van der Waals surface area contributed by atoms with Crippen molar-refractivity contribution < 1.29 is 64.2 Å². The lowest BCUT2D eigenvalue weighted by Crippen LogP contribution is -2.47. The van der Waals surface area contributed by atoms with E-state index in [2.05, 4.69) is 15.4 Å².